The summed E-state index contributed by atoms with van der Waals surface area (Å²) in [5.41, 5.74) is 3.95. The van der Waals surface area contributed by atoms with Gasteiger partial charge < -0.3 is 5.32 Å². The molecule has 4 nitrogen and oxygen atoms in total. The second-order valence-corrected chi connectivity index (χ2v) is 7.23. The van der Waals surface area contributed by atoms with Gasteiger partial charge in [0.25, 0.3) is 0 Å². The molecule has 21 heavy (non-hydrogen) atoms. The zero-order valence-electron chi connectivity index (χ0n) is 11.6. The zero-order chi connectivity index (χ0) is 15.0. The molecule has 2 aromatic rings. The van der Waals surface area contributed by atoms with Crippen molar-refractivity contribution in [2.24, 2.45) is 0 Å². The Hall–Kier alpha value is -2.14. The number of benzene rings is 2. The quantitative estimate of drug-likeness (QED) is 0.927. The van der Waals surface area contributed by atoms with Crippen molar-refractivity contribution in [2.45, 2.75) is 17.7 Å². The molecule has 0 atom stereocenters. The Kier molecular flexibility index (Phi) is 3.29. The molecule has 3 rings (SSSR count). The summed E-state index contributed by atoms with van der Waals surface area (Å²) in [5, 5.41) is 2.85. The van der Waals surface area contributed by atoms with Crippen molar-refractivity contribution in [1.29, 1.82) is 0 Å². The van der Waals surface area contributed by atoms with Crippen LogP contribution in [0.15, 0.2) is 47.4 Å². The van der Waals surface area contributed by atoms with Gasteiger partial charge in [0.2, 0.25) is 5.91 Å². The van der Waals surface area contributed by atoms with Crippen LogP contribution < -0.4 is 5.32 Å². The first-order chi connectivity index (χ1) is 9.93. The Morgan fingerprint density at radius 2 is 1.62 bits per heavy atom. The van der Waals surface area contributed by atoms with Gasteiger partial charge in [0.1, 0.15) is 0 Å². The second kappa shape index (κ2) is 5.00. The number of amides is 1. The highest BCUT2D eigenvalue weighted by atomic mass is 32.2. The molecule has 5 heteroatoms. The molecule has 1 N–H and O–H groups in total. The SMILES string of the molecule is CS(=O)(=O)c1ccc(-c2ccc3c(c2)CCC(=O)N3)cc1. The van der Waals surface area contributed by atoms with Gasteiger partial charge in [0, 0.05) is 18.4 Å². The lowest BCUT2D eigenvalue weighted by Crippen LogP contribution is -2.18. The zero-order valence-corrected chi connectivity index (χ0v) is 12.4. The molecule has 0 spiro atoms. The van der Waals surface area contributed by atoms with Crippen molar-refractivity contribution < 1.29 is 13.2 Å². The van der Waals surface area contributed by atoms with E-state index in [2.05, 4.69) is 5.32 Å². The average Bonchev–Trinajstić information content (AvgIpc) is 2.46. The van der Waals surface area contributed by atoms with Crippen LogP contribution in [0.1, 0.15) is 12.0 Å². The molecule has 0 radical (unpaired) electrons. The van der Waals surface area contributed by atoms with E-state index in [4.69, 9.17) is 0 Å². The van der Waals surface area contributed by atoms with Crippen molar-refractivity contribution >= 4 is 21.4 Å². The molecule has 0 saturated heterocycles. The molecule has 0 unspecified atom stereocenters. The molecular weight excluding hydrogens is 286 g/mol. The van der Waals surface area contributed by atoms with E-state index in [0.29, 0.717) is 11.3 Å². The standard InChI is InChI=1S/C16H15NO3S/c1-21(19,20)14-6-2-11(3-7-14)12-4-8-15-13(10-12)5-9-16(18)17-15/h2-4,6-8,10H,5,9H2,1H3,(H,17,18). The van der Waals surface area contributed by atoms with Gasteiger partial charge in [-0.05, 0) is 47.4 Å². The third kappa shape index (κ3) is 2.83. The average molecular weight is 301 g/mol. The van der Waals surface area contributed by atoms with Crippen molar-refractivity contribution in [1.82, 2.24) is 0 Å². The maximum absolute atomic E-state index is 11.5. The van der Waals surface area contributed by atoms with E-state index in [-0.39, 0.29) is 5.91 Å². The van der Waals surface area contributed by atoms with Gasteiger partial charge in [-0.2, -0.15) is 0 Å². The van der Waals surface area contributed by atoms with Crippen LogP contribution in [0.2, 0.25) is 0 Å². The molecular formula is C16H15NO3S. The monoisotopic (exact) mass is 301 g/mol. The van der Waals surface area contributed by atoms with Crippen LogP contribution in [0.25, 0.3) is 11.1 Å². The molecule has 1 amide bonds. The fourth-order valence-electron chi connectivity index (χ4n) is 2.46. The normalized spacial score (nSPS) is 14.4. The summed E-state index contributed by atoms with van der Waals surface area (Å²) in [6.45, 7) is 0. The number of rotatable bonds is 2. The van der Waals surface area contributed by atoms with Crippen LogP contribution in [0, 0.1) is 0 Å². The summed E-state index contributed by atoms with van der Waals surface area (Å²) in [6.07, 6.45) is 2.43. The largest absolute Gasteiger partial charge is 0.326 e. The molecule has 0 fully saturated rings. The summed E-state index contributed by atoms with van der Waals surface area (Å²) < 4.78 is 22.9. The van der Waals surface area contributed by atoms with Crippen LogP contribution in [0.5, 0.6) is 0 Å². The maximum atomic E-state index is 11.5. The summed E-state index contributed by atoms with van der Waals surface area (Å²) in [6, 6.07) is 12.7. The number of carbonyl (C=O) groups excluding carboxylic acids is 1. The number of anilines is 1. The first-order valence-electron chi connectivity index (χ1n) is 6.67. The minimum Gasteiger partial charge on any atom is -0.326 e. The summed E-state index contributed by atoms with van der Waals surface area (Å²) >= 11 is 0. The predicted octanol–water partition coefficient (Wildman–Crippen LogP) is 2.64. The summed E-state index contributed by atoms with van der Waals surface area (Å²) in [4.78, 5) is 11.7. The number of hydrogen-bond donors (Lipinski definition) is 1. The number of carbonyl (C=O) groups is 1. The van der Waals surface area contributed by atoms with Crippen LogP contribution >= 0.6 is 0 Å². The lowest BCUT2D eigenvalue weighted by molar-refractivity contribution is -0.116. The molecule has 1 aliphatic heterocycles. The van der Waals surface area contributed by atoms with Crippen LogP contribution in [-0.2, 0) is 21.1 Å². The van der Waals surface area contributed by atoms with Gasteiger partial charge in [-0.1, -0.05) is 18.2 Å². The van der Waals surface area contributed by atoms with Gasteiger partial charge in [-0.3, -0.25) is 4.79 Å². The van der Waals surface area contributed by atoms with E-state index in [0.717, 1.165) is 28.8 Å². The number of hydrogen-bond acceptors (Lipinski definition) is 3. The van der Waals surface area contributed by atoms with Crippen LogP contribution in [-0.4, -0.2) is 20.6 Å². The Labute approximate surface area is 123 Å². The lowest BCUT2D eigenvalue weighted by Gasteiger charge is -2.17. The third-order valence-electron chi connectivity index (χ3n) is 3.62. The van der Waals surface area contributed by atoms with Crippen LogP contribution in [0.3, 0.4) is 0 Å². The number of aryl methyl sites for hydroxylation is 1. The molecule has 1 heterocycles. The van der Waals surface area contributed by atoms with Gasteiger partial charge in [-0.15, -0.1) is 0 Å². The van der Waals surface area contributed by atoms with Crippen molar-refractivity contribution in [3.8, 4) is 11.1 Å². The van der Waals surface area contributed by atoms with Crippen molar-refractivity contribution in [3.63, 3.8) is 0 Å². The Balaban J connectivity index is 1.96. The van der Waals surface area contributed by atoms with Gasteiger partial charge in [-0.25, -0.2) is 8.42 Å². The smallest absolute Gasteiger partial charge is 0.224 e. The lowest BCUT2D eigenvalue weighted by atomic mass is 9.97. The molecule has 0 aliphatic carbocycles. The second-order valence-electron chi connectivity index (χ2n) is 5.22. The van der Waals surface area contributed by atoms with Gasteiger partial charge in [0.05, 0.1) is 4.90 Å². The minimum atomic E-state index is -3.17. The highest BCUT2D eigenvalue weighted by molar-refractivity contribution is 7.90. The van der Waals surface area contributed by atoms with E-state index in [1.165, 1.54) is 6.26 Å². The van der Waals surface area contributed by atoms with E-state index in [9.17, 15) is 13.2 Å². The molecule has 0 bridgehead atoms. The van der Waals surface area contributed by atoms with E-state index < -0.39 is 9.84 Å². The molecule has 0 aromatic heterocycles. The highest BCUT2D eigenvalue weighted by Gasteiger charge is 2.15. The fourth-order valence-corrected chi connectivity index (χ4v) is 3.09. The Bertz CT molecular complexity index is 808. The topological polar surface area (TPSA) is 63.2 Å². The minimum absolute atomic E-state index is 0.0488. The maximum Gasteiger partial charge on any atom is 0.224 e. The van der Waals surface area contributed by atoms with E-state index in [1.807, 2.05) is 18.2 Å². The third-order valence-corrected chi connectivity index (χ3v) is 4.75. The van der Waals surface area contributed by atoms with E-state index in [1.54, 1.807) is 24.3 Å². The van der Waals surface area contributed by atoms with Crippen molar-refractivity contribution in [3.05, 3.63) is 48.0 Å². The highest BCUT2D eigenvalue weighted by Crippen LogP contribution is 2.29. The molecule has 1 aliphatic rings. The number of nitrogens with one attached hydrogen (secondary N) is 1. The number of fused-ring (bicyclic) bond motifs is 1. The Morgan fingerprint density at radius 1 is 0.952 bits per heavy atom. The van der Waals surface area contributed by atoms with Gasteiger partial charge in [0.15, 0.2) is 9.84 Å². The van der Waals surface area contributed by atoms with E-state index >= 15 is 0 Å². The van der Waals surface area contributed by atoms with Crippen LogP contribution in [0.4, 0.5) is 5.69 Å². The molecule has 2 aromatic carbocycles. The Morgan fingerprint density at radius 3 is 2.29 bits per heavy atom. The summed E-state index contributed by atoms with van der Waals surface area (Å²) in [7, 11) is -3.17. The molecule has 108 valence electrons. The molecule has 0 saturated carbocycles. The van der Waals surface area contributed by atoms with Gasteiger partial charge >= 0.3 is 0 Å². The first kappa shape index (κ1) is 13.8. The number of sulfone groups is 1. The van der Waals surface area contributed by atoms with Crippen molar-refractivity contribution in [2.75, 3.05) is 11.6 Å². The summed E-state index contributed by atoms with van der Waals surface area (Å²) in [5.74, 6) is 0.0488. The first-order valence-corrected chi connectivity index (χ1v) is 8.56. The fraction of sp³-hybridized carbons (Fsp3) is 0.188. The predicted molar refractivity (Wildman–Crippen MR) is 81.9 cm³/mol.